The van der Waals surface area contributed by atoms with E-state index < -0.39 is 0 Å². The number of allylic oxidation sites excluding steroid dienone is 1. The summed E-state index contributed by atoms with van der Waals surface area (Å²) in [6, 6.07) is 12.3. The Balaban J connectivity index is 1.80. The van der Waals surface area contributed by atoms with Crippen molar-refractivity contribution in [2.24, 2.45) is 0 Å². The van der Waals surface area contributed by atoms with E-state index in [0.717, 1.165) is 22.1 Å². The quantitative estimate of drug-likeness (QED) is 0.513. The van der Waals surface area contributed by atoms with E-state index in [1.165, 1.54) is 0 Å². The molecule has 3 rings (SSSR count). The van der Waals surface area contributed by atoms with Crippen LogP contribution in [0.2, 0.25) is 0 Å². The van der Waals surface area contributed by atoms with Gasteiger partial charge in [-0.1, -0.05) is 24.3 Å². The van der Waals surface area contributed by atoms with Crippen LogP contribution < -0.4 is 4.74 Å². The van der Waals surface area contributed by atoms with Gasteiger partial charge in [0.1, 0.15) is 5.75 Å². The number of carbonyl (C=O) groups is 1. The number of ether oxygens (including phenoxy) is 1. The zero-order chi connectivity index (χ0) is 17.1. The van der Waals surface area contributed by atoms with Crippen molar-refractivity contribution in [3.05, 3.63) is 66.0 Å². The third-order valence-corrected chi connectivity index (χ3v) is 3.91. The lowest BCUT2D eigenvalue weighted by Gasteiger charge is -2.03. The molecule has 0 saturated heterocycles. The maximum Gasteiger partial charge on any atom is 0.189 e. The molecule has 24 heavy (non-hydrogen) atoms. The third kappa shape index (κ3) is 3.38. The molecule has 0 radical (unpaired) electrons. The lowest BCUT2D eigenvalue weighted by molar-refractivity contribution is 0.104. The van der Waals surface area contributed by atoms with Gasteiger partial charge < -0.3 is 4.74 Å². The molecule has 0 aliphatic rings. The van der Waals surface area contributed by atoms with E-state index in [2.05, 4.69) is 11.2 Å². The topological polar surface area (TPSA) is 44.1 Å². The maximum atomic E-state index is 12.2. The smallest absolute Gasteiger partial charge is 0.189 e. The molecule has 2 aromatic carbocycles. The summed E-state index contributed by atoms with van der Waals surface area (Å²) < 4.78 is 7.01. The molecule has 0 aliphatic carbocycles. The van der Waals surface area contributed by atoms with Crippen LogP contribution in [0.25, 0.3) is 16.8 Å². The van der Waals surface area contributed by atoms with E-state index in [1.54, 1.807) is 30.3 Å². The van der Waals surface area contributed by atoms with Crippen molar-refractivity contribution < 1.29 is 9.53 Å². The van der Waals surface area contributed by atoms with Gasteiger partial charge in [0, 0.05) is 12.2 Å². The first-order chi connectivity index (χ1) is 11.6. The molecule has 0 spiro atoms. The molecule has 0 bridgehead atoms. The molecule has 122 valence electrons. The number of benzene rings is 2. The number of hydrogen-bond donors (Lipinski definition) is 0. The molecular formula is C20H20N2O2. The standard InChI is InChI=1S/C20H20N2O2/c1-14(2)22-13-18(12-21-22)20(23)9-5-15-4-6-17-11-19(24-3)8-7-16(17)10-15/h4-14H,1-3H3/b9-5+. The van der Waals surface area contributed by atoms with Crippen molar-refractivity contribution in [2.75, 3.05) is 7.11 Å². The van der Waals surface area contributed by atoms with Crippen LogP contribution in [0.1, 0.15) is 35.8 Å². The predicted molar refractivity (Wildman–Crippen MR) is 96.5 cm³/mol. The minimum atomic E-state index is -0.0447. The summed E-state index contributed by atoms with van der Waals surface area (Å²) >= 11 is 0. The minimum Gasteiger partial charge on any atom is -0.497 e. The van der Waals surface area contributed by atoms with E-state index in [9.17, 15) is 4.79 Å². The fraction of sp³-hybridized carbons (Fsp3) is 0.200. The van der Waals surface area contributed by atoms with Crippen molar-refractivity contribution in [1.82, 2.24) is 9.78 Å². The molecule has 0 atom stereocenters. The van der Waals surface area contributed by atoms with Crippen LogP contribution in [0, 0.1) is 0 Å². The number of ketones is 1. The highest BCUT2D eigenvalue weighted by atomic mass is 16.5. The first kappa shape index (κ1) is 16.0. The lowest BCUT2D eigenvalue weighted by atomic mass is 10.1. The van der Waals surface area contributed by atoms with Crippen molar-refractivity contribution in [3.8, 4) is 5.75 Å². The number of carbonyl (C=O) groups excluding carboxylic acids is 1. The Bertz CT molecular complexity index is 907. The molecule has 0 N–H and O–H groups in total. The van der Waals surface area contributed by atoms with Gasteiger partial charge in [0.15, 0.2) is 5.78 Å². The summed E-state index contributed by atoms with van der Waals surface area (Å²) in [7, 11) is 1.66. The van der Waals surface area contributed by atoms with Crippen molar-refractivity contribution in [3.63, 3.8) is 0 Å². The molecule has 0 fully saturated rings. The molecule has 4 nitrogen and oxygen atoms in total. The molecular weight excluding hydrogens is 300 g/mol. The van der Waals surface area contributed by atoms with E-state index in [4.69, 9.17) is 4.74 Å². The van der Waals surface area contributed by atoms with Crippen molar-refractivity contribution >= 4 is 22.6 Å². The fourth-order valence-corrected chi connectivity index (χ4v) is 2.49. The third-order valence-electron chi connectivity index (χ3n) is 3.91. The van der Waals surface area contributed by atoms with Gasteiger partial charge in [-0.25, -0.2) is 0 Å². The zero-order valence-electron chi connectivity index (χ0n) is 14.1. The van der Waals surface area contributed by atoms with Crippen LogP contribution >= 0.6 is 0 Å². The van der Waals surface area contributed by atoms with Crippen LogP contribution in [0.3, 0.4) is 0 Å². The molecule has 3 aromatic rings. The van der Waals surface area contributed by atoms with Crippen LogP contribution in [0.4, 0.5) is 0 Å². The van der Waals surface area contributed by atoms with Crippen molar-refractivity contribution in [1.29, 1.82) is 0 Å². The predicted octanol–water partition coefficient (Wildman–Crippen LogP) is 4.52. The summed E-state index contributed by atoms with van der Waals surface area (Å²) in [5, 5.41) is 6.42. The van der Waals surface area contributed by atoms with E-state index in [0.29, 0.717) is 5.56 Å². The Morgan fingerprint density at radius 3 is 2.62 bits per heavy atom. The number of aromatic nitrogens is 2. The summed E-state index contributed by atoms with van der Waals surface area (Å²) in [6.45, 7) is 4.06. The second kappa shape index (κ2) is 6.71. The average molecular weight is 320 g/mol. The molecule has 0 saturated carbocycles. The second-order valence-electron chi connectivity index (χ2n) is 5.97. The Morgan fingerprint density at radius 1 is 1.17 bits per heavy atom. The van der Waals surface area contributed by atoms with Crippen molar-refractivity contribution in [2.45, 2.75) is 19.9 Å². The monoisotopic (exact) mass is 320 g/mol. The number of nitrogens with zero attached hydrogens (tertiary/aromatic N) is 2. The van der Waals surface area contributed by atoms with Gasteiger partial charge in [0.05, 0.1) is 18.9 Å². The van der Waals surface area contributed by atoms with Gasteiger partial charge >= 0.3 is 0 Å². The molecule has 1 heterocycles. The Labute approximate surface area is 141 Å². The largest absolute Gasteiger partial charge is 0.497 e. The SMILES string of the molecule is COc1ccc2cc(/C=C/C(=O)c3cnn(C(C)C)c3)ccc2c1. The summed E-state index contributed by atoms with van der Waals surface area (Å²) in [4.78, 5) is 12.2. The highest BCUT2D eigenvalue weighted by Gasteiger charge is 2.07. The van der Waals surface area contributed by atoms with Gasteiger partial charge in [-0.15, -0.1) is 0 Å². The highest BCUT2D eigenvalue weighted by Crippen LogP contribution is 2.22. The average Bonchev–Trinajstić information content (AvgIpc) is 3.09. The zero-order valence-corrected chi connectivity index (χ0v) is 14.1. The second-order valence-corrected chi connectivity index (χ2v) is 5.97. The number of rotatable bonds is 5. The lowest BCUT2D eigenvalue weighted by Crippen LogP contribution is -2.00. The van der Waals surface area contributed by atoms with E-state index >= 15 is 0 Å². The van der Waals surface area contributed by atoms with Gasteiger partial charge in [-0.2, -0.15) is 5.10 Å². The molecule has 1 aromatic heterocycles. The van der Waals surface area contributed by atoms with Crippen LogP contribution in [-0.2, 0) is 0 Å². The van der Waals surface area contributed by atoms with Gasteiger partial charge in [0.25, 0.3) is 0 Å². The first-order valence-corrected chi connectivity index (χ1v) is 7.91. The normalized spacial score (nSPS) is 11.5. The van der Waals surface area contributed by atoms with Crippen LogP contribution in [-0.4, -0.2) is 22.7 Å². The van der Waals surface area contributed by atoms with E-state index in [1.807, 2.05) is 50.3 Å². The Hall–Kier alpha value is -2.88. The molecule has 4 heteroatoms. The van der Waals surface area contributed by atoms with E-state index in [-0.39, 0.29) is 11.8 Å². The van der Waals surface area contributed by atoms with Gasteiger partial charge in [-0.05, 0) is 54.5 Å². The van der Waals surface area contributed by atoms with Gasteiger partial charge in [0.2, 0.25) is 0 Å². The van der Waals surface area contributed by atoms with Crippen LogP contribution in [0.5, 0.6) is 5.75 Å². The Kier molecular flexibility index (Phi) is 4.47. The minimum absolute atomic E-state index is 0.0447. The molecule has 0 aliphatic heterocycles. The fourth-order valence-electron chi connectivity index (χ4n) is 2.49. The highest BCUT2D eigenvalue weighted by molar-refractivity contribution is 6.06. The summed E-state index contributed by atoms with van der Waals surface area (Å²) in [5.74, 6) is 0.792. The van der Waals surface area contributed by atoms with Gasteiger partial charge in [-0.3, -0.25) is 9.48 Å². The number of hydrogen-bond acceptors (Lipinski definition) is 3. The molecule has 0 unspecified atom stereocenters. The first-order valence-electron chi connectivity index (χ1n) is 7.91. The maximum absolute atomic E-state index is 12.2. The van der Waals surface area contributed by atoms with Crippen LogP contribution in [0.15, 0.2) is 54.9 Å². The number of fused-ring (bicyclic) bond motifs is 1. The molecule has 0 amide bonds. The Morgan fingerprint density at radius 2 is 1.92 bits per heavy atom. The summed E-state index contributed by atoms with van der Waals surface area (Å²) in [6.07, 6.45) is 6.81. The number of methoxy groups -OCH3 is 1. The summed E-state index contributed by atoms with van der Waals surface area (Å²) in [5.41, 5.74) is 1.59.